The standard InChI is InChI=1S/C24H26N2O3S/c1-16(17-3-4-19-14-22(29-2)6-5-18(19)13-17)24(28)26-10-7-21(8-11-26)25-23(27)20-9-12-30-15-20/h3-6,9,12-16,21H,7-8,10-11H2,1-2H3,(H,25,27)/t16-/m0/s1. The molecule has 2 amide bonds. The number of hydrogen-bond acceptors (Lipinski definition) is 4. The van der Waals surface area contributed by atoms with Gasteiger partial charge in [-0.3, -0.25) is 9.59 Å². The predicted molar refractivity (Wildman–Crippen MR) is 120 cm³/mol. The highest BCUT2D eigenvalue weighted by atomic mass is 32.1. The maximum absolute atomic E-state index is 13.1. The van der Waals surface area contributed by atoms with Gasteiger partial charge in [0, 0.05) is 30.1 Å². The summed E-state index contributed by atoms with van der Waals surface area (Å²) >= 11 is 1.52. The van der Waals surface area contributed by atoms with Gasteiger partial charge in [-0.1, -0.05) is 24.3 Å². The zero-order valence-electron chi connectivity index (χ0n) is 17.3. The van der Waals surface area contributed by atoms with Crippen molar-refractivity contribution in [3.8, 4) is 5.75 Å². The molecular formula is C24H26N2O3S. The number of benzene rings is 2. The monoisotopic (exact) mass is 422 g/mol. The molecule has 1 atom stereocenters. The van der Waals surface area contributed by atoms with Gasteiger partial charge in [0.2, 0.25) is 5.91 Å². The third kappa shape index (κ3) is 4.33. The Morgan fingerprint density at radius 3 is 2.53 bits per heavy atom. The lowest BCUT2D eigenvalue weighted by Crippen LogP contribution is -2.47. The van der Waals surface area contributed by atoms with Crippen molar-refractivity contribution in [3.05, 3.63) is 64.4 Å². The van der Waals surface area contributed by atoms with E-state index in [0.29, 0.717) is 18.7 Å². The second-order valence-corrected chi connectivity index (χ2v) is 8.56. The number of amides is 2. The Hall–Kier alpha value is -2.86. The summed E-state index contributed by atoms with van der Waals surface area (Å²) in [6.45, 7) is 3.31. The molecule has 1 aliphatic rings. The summed E-state index contributed by atoms with van der Waals surface area (Å²) in [5.41, 5.74) is 1.73. The average Bonchev–Trinajstić information content (AvgIpc) is 3.33. The normalized spacial score (nSPS) is 15.7. The number of carbonyl (C=O) groups excluding carboxylic acids is 2. The van der Waals surface area contributed by atoms with Crippen molar-refractivity contribution >= 4 is 33.9 Å². The highest BCUT2D eigenvalue weighted by Gasteiger charge is 2.27. The van der Waals surface area contributed by atoms with E-state index in [1.54, 1.807) is 7.11 Å². The molecular weight excluding hydrogens is 396 g/mol. The summed E-state index contributed by atoms with van der Waals surface area (Å²) in [4.78, 5) is 27.2. The minimum Gasteiger partial charge on any atom is -0.497 e. The average molecular weight is 423 g/mol. The first kappa shape index (κ1) is 20.4. The van der Waals surface area contributed by atoms with Crippen molar-refractivity contribution in [1.82, 2.24) is 10.2 Å². The van der Waals surface area contributed by atoms with Crippen LogP contribution in [-0.4, -0.2) is 43.0 Å². The van der Waals surface area contributed by atoms with Crippen molar-refractivity contribution in [2.24, 2.45) is 0 Å². The molecule has 1 saturated heterocycles. The van der Waals surface area contributed by atoms with Crippen LogP contribution in [0.15, 0.2) is 53.2 Å². The van der Waals surface area contributed by atoms with E-state index in [1.165, 1.54) is 11.3 Å². The molecule has 156 valence electrons. The van der Waals surface area contributed by atoms with Gasteiger partial charge in [0.1, 0.15) is 5.75 Å². The molecule has 1 aliphatic heterocycles. The van der Waals surface area contributed by atoms with E-state index in [1.807, 2.05) is 59.0 Å². The van der Waals surface area contributed by atoms with Crippen LogP contribution in [0.2, 0.25) is 0 Å². The Balaban J connectivity index is 1.36. The third-order valence-electron chi connectivity index (χ3n) is 5.87. The molecule has 0 bridgehead atoms. The van der Waals surface area contributed by atoms with Gasteiger partial charge in [-0.2, -0.15) is 11.3 Å². The van der Waals surface area contributed by atoms with Crippen LogP contribution in [0.25, 0.3) is 10.8 Å². The number of nitrogens with one attached hydrogen (secondary N) is 1. The SMILES string of the molecule is COc1ccc2cc([C@H](C)C(=O)N3CCC(NC(=O)c4ccsc4)CC3)ccc2c1. The van der Waals surface area contributed by atoms with Crippen LogP contribution >= 0.6 is 11.3 Å². The van der Waals surface area contributed by atoms with E-state index in [4.69, 9.17) is 4.74 Å². The Morgan fingerprint density at radius 2 is 1.83 bits per heavy atom. The topological polar surface area (TPSA) is 58.6 Å². The molecule has 3 aromatic rings. The Kier molecular flexibility index (Phi) is 6.04. The molecule has 2 heterocycles. The Morgan fingerprint density at radius 1 is 1.10 bits per heavy atom. The largest absolute Gasteiger partial charge is 0.497 e. The zero-order valence-corrected chi connectivity index (χ0v) is 18.1. The minimum absolute atomic E-state index is 0.0258. The first-order valence-electron chi connectivity index (χ1n) is 10.2. The summed E-state index contributed by atoms with van der Waals surface area (Å²) in [7, 11) is 1.66. The summed E-state index contributed by atoms with van der Waals surface area (Å²) in [5, 5.41) is 9.05. The van der Waals surface area contributed by atoms with Gasteiger partial charge in [-0.25, -0.2) is 0 Å². The van der Waals surface area contributed by atoms with E-state index in [-0.39, 0.29) is 23.8 Å². The first-order valence-corrected chi connectivity index (χ1v) is 11.2. The van der Waals surface area contributed by atoms with Crippen molar-refractivity contribution in [1.29, 1.82) is 0 Å². The highest BCUT2D eigenvalue weighted by molar-refractivity contribution is 7.08. The number of piperidine rings is 1. The number of nitrogens with zero attached hydrogens (tertiary/aromatic N) is 1. The fourth-order valence-electron chi connectivity index (χ4n) is 3.96. The molecule has 0 radical (unpaired) electrons. The van der Waals surface area contributed by atoms with Gasteiger partial charge in [0.05, 0.1) is 13.0 Å². The maximum atomic E-state index is 13.1. The second-order valence-electron chi connectivity index (χ2n) is 7.78. The molecule has 30 heavy (non-hydrogen) atoms. The van der Waals surface area contributed by atoms with Crippen LogP contribution in [0.3, 0.4) is 0 Å². The highest BCUT2D eigenvalue weighted by Crippen LogP contribution is 2.27. The fraction of sp³-hybridized carbons (Fsp3) is 0.333. The lowest BCUT2D eigenvalue weighted by Gasteiger charge is -2.34. The Bertz CT molecular complexity index is 1040. The van der Waals surface area contributed by atoms with Crippen LogP contribution in [0.4, 0.5) is 0 Å². The first-order chi connectivity index (χ1) is 14.5. The summed E-state index contributed by atoms with van der Waals surface area (Å²) in [6, 6.07) is 14.1. The predicted octanol–water partition coefficient (Wildman–Crippen LogP) is 4.43. The van der Waals surface area contributed by atoms with Crippen molar-refractivity contribution in [2.75, 3.05) is 20.2 Å². The number of ether oxygens (including phenoxy) is 1. The number of methoxy groups -OCH3 is 1. The number of thiophene rings is 1. The van der Waals surface area contributed by atoms with Gasteiger partial charge in [-0.15, -0.1) is 0 Å². The lowest BCUT2D eigenvalue weighted by atomic mass is 9.95. The van der Waals surface area contributed by atoms with Gasteiger partial charge in [0.15, 0.2) is 0 Å². The number of fused-ring (bicyclic) bond motifs is 1. The van der Waals surface area contributed by atoms with Crippen LogP contribution in [0.5, 0.6) is 5.75 Å². The quantitative estimate of drug-likeness (QED) is 0.662. The van der Waals surface area contributed by atoms with Crippen molar-refractivity contribution < 1.29 is 14.3 Å². The van der Waals surface area contributed by atoms with Crippen molar-refractivity contribution in [3.63, 3.8) is 0 Å². The summed E-state index contributed by atoms with van der Waals surface area (Å²) in [6.07, 6.45) is 1.57. The Labute approximate surface area is 180 Å². The number of carbonyl (C=O) groups is 2. The van der Waals surface area contributed by atoms with Gasteiger partial charge < -0.3 is 15.0 Å². The summed E-state index contributed by atoms with van der Waals surface area (Å²) in [5.74, 6) is 0.745. The lowest BCUT2D eigenvalue weighted by molar-refractivity contribution is -0.133. The molecule has 2 aromatic carbocycles. The minimum atomic E-state index is -0.201. The molecule has 0 spiro atoms. The molecule has 0 saturated carbocycles. The van der Waals surface area contributed by atoms with Crippen LogP contribution < -0.4 is 10.1 Å². The molecule has 5 nitrogen and oxygen atoms in total. The molecule has 0 aliphatic carbocycles. The van der Waals surface area contributed by atoms with E-state index in [0.717, 1.165) is 34.9 Å². The smallest absolute Gasteiger partial charge is 0.252 e. The van der Waals surface area contributed by atoms with Gasteiger partial charge in [0.25, 0.3) is 5.91 Å². The molecule has 1 aromatic heterocycles. The van der Waals surface area contributed by atoms with Crippen LogP contribution in [0, 0.1) is 0 Å². The van der Waals surface area contributed by atoms with E-state index in [2.05, 4.69) is 11.4 Å². The van der Waals surface area contributed by atoms with E-state index in [9.17, 15) is 9.59 Å². The van der Waals surface area contributed by atoms with Crippen molar-refractivity contribution in [2.45, 2.75) is 31.7 Å². The summed E-state index contributed by atoms with van der Waals surface area (Å²) < 4.78 is 5.28. The number of likely N-dealkylation sites (tertiary alicyclic amines) is 1. The zero-order chi connectivity index (χ0) is 21.1. The number of rotatable bonds is 5. The third-order valence-corrected chi connectivity index (χ3v) is 6.55. The van der Waals surface area contributed by atoms with Crippen LogP contribution in [-0.2, 0) is 4.79 Å². The molecule has 1 fully saturated rings. The second kappa shape index (κ2) is 8.88. The maximum Gasteiger partial charge on any atom is 0.252 e. The number of hydrogen-bond donors (Lipinski definition) is 1. The van der Waals surface area contributed by atoms with Gasteiger partial charge in [-0.05, 0) is 59.7 Å². The molecule has 6 heteroatoms. The van der Waals surface area contributed by atoms with Crippen LogP contribution in [0.1, 0.15) is 41.6 Å². The fourth-order valence-corrected chi connectivity index (χ4v) is 4.60. The molecule has 0 unspecified atom stereocenters. The van der Waals surface area contributed by atoms with E-state index >= 15 is 0 Å². The molecule has 4 rings (SSSR count). The van der Waals surface area contributed by atoms with Gasteiger partial charge >= 0.3 is 0 Å². The molecule has 1 N–H and O–H groups in total. The van der Waals surface area contributed by atoms with E-state index < -0.39 is 0 Å².